The first kappa shape index (κ1) is 12.3. The molecular formula is C13H26N2O. The van der Waals surface area contributed by atoms with Crippen LogP contribution in [0, 0.1) is 5.41 Å². The second-order valence-corrected chi connectivity index (χ2v) is 6.24. The van der Waals surface area contributed by atoms with Crippen molar-refractivity contribution in [3.8, 4) is 0 Å². The molecule has 0 aromatic carbocycles. The topological polar surface area (TPSA) is 38.5 Å². The molecule has 2 saturated heterocycles. The van der Waals surface area contributed by atoms with Crippen molar-refractivity contribution in [1.82, 2.24) is 4.90 Å². The van der Waals surface area contributed by atoms with E-state index in [-0.39, 0.29) is 5.54 Å². The van der Waals surface area contributed by atoms with Crippen LogP contribution < -0.4 is 5.73 Å². The van der Waals surface area contributed by atoms with E-state index in [1.807, 2.05) is 0 Å². The van der Waals surface area contributed by atoms with Crippen LogP contribution in [-0.2, 0) is 4.74 Å². The van der Waals surface area contributed by atoms with E-state index in [1.54, 1.807) is 0 Å². The number of hydrogen-bond acceptors (Lipinski definition) is 3. The van der Waals surface area contributed by atoms with Crippen LogP contribution >= 0.6 is 0 Å². The maximum Gasteiger partial charge on any atom is 0.0662 e. The van der Waals surface area contributed by atoms with Gasteiger partial charge in [-0.3, -0.25) is 4.90 Å². The molecule has 0 radical (unpaired) electrons. The molecule has 2 rings (SSSR count). The molecule has 0 bridgehead atoms. The molecule has 2 aliphatic heterocycles. The van der Waals surface area contributed by atoms with E-state index < -0.39 is 0 Å². The van der Waals surface area contributed by atoms with Crippen LogP contribution in [0.5, 0.6) is 0 Å². The van der Waals surface area contributed by atoms with E-state index in [0.717, 1.165) is 26.2 Å². The highest BCUT2D eigenvalue weighted by molar-refractivity contribution is 4.96. The molecule has 0 spiro atoms. The fraction of sp³-hybridized carbons (Fsp3) is 1.00. The van der Waals surface area contributed by atoms with Gasteiger partial charge < -0.3 is 10.5 Å². The number of hydrogen-bond donors (Lipinski definition) is 1. The summed E-state index contributed by atoms with van der Waals surface area (Å²) >= 11 is 0. The average molecular weight is 226 g/mol. The van der Waals surface area contributed by atoms with Crippen molar-refractivity contribution in [2.75, 3.05) is 32.8 Å². The molecular weight excluding hydrogens is 200 g/mol. The van der Waals surface area contributed by atoms with Gasteiger partial charge in [-0.05, 0) is 44.2 Å². The molecule has 0 aromatic rings. The average Bonchev–Trinajstić information content (AvgIpc) is 2.30. The molecule has 0 aliphatic carbocycles. The molecule has 16 heavy (non-hydrogen) atoms. The van der Waals surface area contributed by atoms with Gasteiger partial charge in [-0.2, -0.15) is 0 Å². The molecule has 94 valence electrons. The van der Waals surface area contributed by atoms with Crippen LogP contribution in [0.4, 0.5) is 0 Å². The first-order chi connectivity index (χ1) is 7.58. The molecule has 0 aromatic heterocycles. The zero-order valence-electron chi connectivity index (χ0n) is 10.8. The van der Waals surface area contributed by atoms with E-state index in [0.29, 0.717) is 5.41 Å². The summed E-state index contributed by atoms with van der Waals surface area (Å²) in [5.74, 6) is 0. The highest BCUT2D eigenvalue weighted by Crippen LogP contribution is 2.35. The van der Waals surface area contributed by atoms with Crippen molar-refractivity contribution >= 4 is 0 Å². The monoisotopic (exact) mass is 226 g/mol. The van der Waals surface area contributed by atoms with Crippen molar-refractivity contribution in [2.24, 2.45) is 11.1 Å². The lowest BCUT2D eigenvalue weighted by Gasteiger charge is -2.49. The zero-order chi connectivity index (χ0) is 11.6. The van der Waals surface area contributed by atoms with Gasteiger partial charge in [0.05, 0.1) is 12.1 Å². The van der Waals surface area contributed by atoms with Crippen LogP contribution in [0.15, 0.2) is 0 Å². The second-order valence-electron chi connectivity index (χ2n) is 6.24. The first-order valence-electron chi connectivity index (χ1n) is 6.61. The predicted octanol–water partition coefficient (Wildman–Crippen LogP) is 1.62. The maximum atomic E-state index is 6.02. The molecule has 2 N–H and O–H groups in total. The third kappa shape index (κ3) is 2.41. The summed E-state index contributed by atoms with van der Waals surface area (Å²) in [5, 5.41) is 0. The summed E-state index contributed by atoms with van der Waals surface area (Å²) in [6, 6.07) is 0. The first-order valence-corrected chi connectivity index (χ1v) is 6.61. The normalized spacial score (nSPS) is 36.2. The smallest absolute Gasteiger partial charge is 0.0662 e. The highest BCUT2D eigenvalue weighted by Gasteiger charge is 2.40. The van der Waals surface area contributed by atoms with Crippen molar-refractivity contribution in [2.45, 2.75) is 45.1 Å². The predicted molar refractivity (Wildman–Crippen MR) is 66.4 cm³/mol. The maximum absolute atomic E-state index is 6.02. The molecule has 2 aliphatic rings. The van der Waals surface area contributed by atoms with Gasteiger partial charge >= 0.3 is 0 Å². The fourth-order valence-corrected chi connectivity index (χ4v) is 2.96. The van der Waals surface area contributed by atoms with E-state index in [1.165, 1.54) is 32.4 Å². The number of nitrogens with zero attached hydrogens (tertiary/aromatic N) is 1. The molecule has 2 heterocycles. The van der Waals surface area contributed by atoms with Gasteiger partial charge in [-0.1, -0.05) is 13.8 Å². The van der Waals surface area contributed by atoms with E-state index in [4.69, 9.17) is 10.5 Å². The van der Waals surface area contributed by atoms with Gasteiger partial charge in [0, 0.05) is 13.2 Å². The lowest BCUT2D eigenvalue weighted by Crippen LogP contribution is -2.61. The Morgan fingerprint density at radius 3 is 2.38 bits per heavy atom. The Morgan fingerprint density at radius 2 is 1.88 bits per heavy atom. The van der Waals surface area contributed by atoms with E-state index in [9.17, 15) is 0 Å². The van der Waals surface area contributed by atoms with Crippen LogP contribution in [0.1, 0.15) is 39.5 Å². The number of ether oxygens (including phenoxy) is 1. The standard InChI is InChI=1S/C13H26N2O/c1-12(2)5-7-15(8-6-12)13(10-14)4-3-9-16-11-13/h3-11,14H2,1-2H3. The molecule has 3 heteroatoms. The van der Waals surface area contributed by atoms with Crippen molar-refractivity contribution in [1.29, 1.82) is 0 Å². The molecule has 0 saturated carbocycles. The molecule has 2 fully saturated rings. The van der Waals surface area contributed by atoms with Gasteiger partial charge in [-0.25, -0.2) is 0 Å². The number of rotatable bonds is 2. The molecule has 1 atom stereocenters. The van der Waals surface area contributed by atoms with E-state index in [2.05, 4.69) is 18.7 Å². The van der Waals surface area contributed by atoms with Crippen molar-refractivity contribution in [3.05, 3.63) is 0 Å². The lowest BCUT2D eigenvalue weighted by molar-refractivity contribution is -0.0633. The van der Waals surface area contributed by atoms with Crippen molar-refractivity contribution in [3.63, 3.8) is 0 Å². The Bertz CT molecular complexity index is 224. The van der Waals surface area contributed by atoms with Gasteiger partial charge in [0.1, 0.15) is 0 Å². The minimum atomic E-state index is 0.148. The van der Waals surface area contributed by atoms with Gasteiger partial charge in [0.15, 0.2) is 0 Å². The third-order valence-corrected chi connectivity index (χ3v) is 4.47. The minimum absolute atomic E-state index is 0.148. The largest absolute Gasteiger partial charge is 0.379 e. The van der Waals surface area contributed by atoms with Gasteiger partial charge in [-0.15, -0.1) is 0 Å². The summed E-state index contributed by atoms with van der Waals surface area (Å²) in [6.07, 6.45) is 4.95. The Labute approximate surface area is 99.3 Å². The second kappa shape index (κ2) is 4.63. The summed E-state index contributed by atoms with van der Waals surface area (Å²) < 4.78 is 5.66. The molecule has 1 unspecified atom stereocenters. The Kier molecular flexibility index (Phi) is 3.57. The summed E-state index contributed by atoms with van der Waals surface area (Å²) in [5.41, 5.74) is 6.68. The molecule has 0 amide bonds. The zero-order valence-corrected chi connectivity index (χ0v) is 10.8. The van der Waals surface area contributed by atoms with Gasteiger partial charge in [0.25, 0.3) is 0 Å². The fourth-order valence-electron chi connectivity index (χ4n) is 2.96. The summed E-state index contributed by atoms with van der Waals surface area (Å²) in [4.78, 5) is 2.59. The Hall–Kier alpha value is -0.120. The Balaban J connectivity index is 2.00. The van der Waals surface area contributed by atoms with E-state index >= 15 is 0 Å². The highest BCUT2D eigenvalue weighted by atomic mass is 16.5. The van der Waals surface area contributed by atoms with Crippen LogP contribution in [0.25, 0.3) is 0 Å². The van der Waals surface area contributed by atoms with Crippen LogP contribution in [-0.4, -0.2) is 43.3 Å². The number of nitrogens with two attached hydrogens (primary N) is 1. The number of likely N-dealkylation sites (tertiary alicyclic amines) is 1. The molecule has 3 nitrogen and oxygen atoms in total. The van der Waals surface area contributed by atoms with Crippen molar-refractivity contribution < 1.29 is 4.74 Å². The summed E-state index contributed by atoms with van der Waals surface area (Å²) in [6.45, 7) is 9.62. The SMILES string of the molecule is CC1(C)CCN(C2(CN)CCCOC2)CC1. The van der Waals surface area contributed by atoms with Crippen LogP contribution in [0.2, 0.25) is 0 Å². The Morgan fingerprint density at radius 1 is 1.19 bits per heavy atom. The van der Waals surface area contributed by atoms with Gasteiger partial charge in [0.2, 0.25) is 0 Å². The minimum Gasteiger partial charge on any atom is -0.379 e. The quantitative estimate of drug-likeness (QED) is 0.777. The number of piperidine rings is 1. The lowest BCUT2D eigenvalue weighted by atomic mass is 9.79. The third-order valence-electron chi connectivity index (χ3n) is 4.47. The van der Waals surface area contributed by atoms with Crippen LogP contribution in [0.3, 0.4) is 0 Å². The summed E-state index contributed by atoms with van der Waals surface area (Å²) in [7, 11) is 0.